The zero-order chi connectivity index (χ0) is 15.7. The number of carbonyl (C=O) groups is 1. The van der Waals surface area contributed by atoms with Crippen molar-refractivity contribution in [2.24, 2.45) is 0 Å². The third kappa shape index (κ3) is 2.39. The molecular weight excluding hydrogens is 276 g/mol. The van der Waals surface area contributed by atoms with Crippen LogP contribution in [0.1, 0.15) is 25.0 Å². The van der Waals surface area contributed by atoms with Crippen LogP contribution in [0.3, 0.4) is 0 Å². The lowest BCUT2D eigenvalue weighted by molar-refractivity contribution is -0.142. The number of esters is 1. The summed E-state index contributed by atoms with van der Waals surface area (Å²) in [5.74, 6) is -0.0404. The lowest BCUT2D eigenvalue weighted by atomic mass is 10.0. The van der Waals surface area contributed by atoms with Crippen LogP contribution >= 0.6 is 0 Å². The number of hydrogen-bond acceptors (Lipinski definition) is 3. The molecule has 0 radical (unpaired) electrons. The van der Waals surface area contributed by atoms with E-state index >= 15 is 0 Å². The SMILES string of the molecule is C=Cc1cccc2c(COC3=C(C)C(C)OC3=O)cccc12. The number of cyclic esters (lactones) is 1. The Kier molecular flexibility index (Phi) is 3.72. The summed E-state index contributed by atoms with van der Waals surface area (Å²) >= 11 is 0. The molecule has 0 saturated heterocycles. The van der Waals surface area contributed by atoms with Gasteiger partial charge in [0.2, 0.25) is 5.76 Å². The van der Waals surface area contributed by atoms with Gasteiger partial charge >= 0.3 is 5.97 Å². The molecule has 0 bridgehead atoms. The minimum atomic E-state index is -0.378. The van der Waals surface area contributed by atoms with Gasteiger partial charge in [0, 0.05) is 5.57 Å². The second kappa shape index (κ2) is 5.68. The van der Waals surface area contributed by atoms with Crippen molar-refractivity contribution in [1.82, 2.24) is 0 Å². The van der Waals surface area contributed by atoms with Crippen molar-refractivity contribution >= 4 is 22.8 Å². The van der Waals surface area contributed by atoms with Crippen LogP contribution in [0.25, 0.3) is 16.8 Å². The molecule has 0 spiro atoms. The molecule has 1 aliphatic heterocycles. The molecule has 0 amide bonds. The maximum Gasteiger partial charge on any atom is 0.374 e. The summed E-state index contributed by atoms with van der Waals surface area (Å²) in [7, 11) is 0. The molecule has 0 fully saturated rings. The van der Waals surface area contributed by atoms with Crippen molar-refractivity contribution in [3.63, 3.8) is 0 Å². The molecule has 0 aliphatic carbocycles. The fraction of sp³-hybridized carbons (Fsp3) is 0.211. The van der Waals surface area contributed by atoms with Crippen molar-refractivity contribution in [3.05, 3.63) is 65.4 Å². The average molecular weight is 294 g/mol. The number of rotatable bonds is 4. The summed E-state index contributed by atoms with van der Waals surface area (Å²) in [5.41, 5.74) is 2.97. The van der Waals surface area contributed by atoms with Gasteiger partial charge in [0.25, 0.3) is 0 Å². The minimum Gasteiger partial charge on any atom is -0.482 e. The lowest BCUT2D eigenvalue weighted by Gasteiger charge is -2.10. The summed E-state index contributed by atoms with van der Waals surface area (Å²) in [5, 5.41) is 2.24. The summed E-state index contributed by atoms with van der Waals surface area (Å²) in [6.07, 6.45) is 1.64. The maximum absolute atomic E-state index is 11.8. The van der Waals surface area contributed by atoms with Crippen LogP contribution in [0.4, 0.5) is 0 Å². The predicted molar refractivity (Wildman–Crippen MR) is 87.1 cm³/mol. The van der Waals surface area contributed by atoms with Crippen molar-refractivity contribution in [2.75, 3.05) is 0 Å². The molecule has 3 nitrogen and oxygen atoms in total. The number of ether oxygens (including phenoxy) is 2. The molecule has 1 atom stereocenters. The van der Waals surface area contributed by atoms with Crippen molar-refractivity contribution in [2.45, 2.75) is 26.6 Å². The summed E-state index contributed by atoms with van der Waals surface area (Å²) in [6.45, 7) is 7.90. The fourth-order valence-electron chi connectivity index (χ4n) is 2.67. The molecule has 112 valence electrons. The van der Waals surface area contributed by atoms with E-state index in [2.05, 4.69) is 18.7 Å². The van der Waals surface area contributed by atoms with Crippen LogP contribution in [0, 0.1) is 0 Å². The van der Waals surface area contributed by atoms with Gasteiger partial charge in [-0.25, -0.2) is 4.79 Å². The van der Waals surface area contributed by atoms with Gasteiger partial charge in [-0.05, 0) is 35.7 Å². The van der Waals surface area contributed by atoms with Gasteiger partial charge in [-0.15, -0.1) is 0 Å². The van der Waals surface area contributed by atoms with E-state index in [1.165, 1.54) is 0 Å². The molecule has 1 aliphatic rings. The van der Waals surface area contributed by atoms with Crippen LogP contribution in [0.5, 0.6) is 0 Å². The second-order valence-electron chi connectivity index (χ2n) is 5.41. The highest BCUT2D eigenvalue weighted by Crippen LogP contribution is 2.27. The quantitative estimate of drug-likeness (QED) is 0.792. The number of benzene rings is 2. The van der Waals surface area contributed by atoms with Crippen LogP contribution in [0.2, 0.25) is 0 Å². The standard InChI is InChI=1S/C19H18O3/c1-4-14-7-5-10-17-15(8-6-9-16(14)17)11-21-18-12(2)13(3)22-19(18)20/h4-10,13H,1,11H2,2-3H3. The van der Waals surface area contributed by atoms with Gasteiger partial charge < -0.3 is 9.47 Å². The molecule has 0 aromatic heterocycles. The topological polar surface area (TPSA) is 35.5 Å². The van der Waals surface area contributed by atoms with E-state index in [1.807, 2.05) is 44.2 Å². The molecule has 0 saturated carbocycles. The van der Waals surface area contributed by atoms with Gasteiger partial charge in [-0.2, -0.15) is 0 Å². The van der Waals surface area contributed by atoms with Gasteiger partial charge in [-0.1, -0.05) is 49.1 Å². The van der Waals surface area contributed by atoms with E-state index in [9.17, 15) is 4.79 Å². The molecule has 1 unspecified atom stereocenters. The number of carbonyl (C=O) groups excluding carboxylic acids is 1. The predicted octanol–water partition coefficient (Wildman–Crippen LogP) is 4.22. The Bertz CT molecular complexity index is 786. The summed E-state index contributed by atoms with van der Waals surface area (Å²) in [4.78, 5) is 11.8. The third-order valence-corrected chi connectivity index (χ3v) is 4.08. The van der Waals surface area contributed by atoms with Crippen molar-refractivity contribution in [3.8, 4) is 0 Å². The molecular formula is C19H18O3. The Hall–Kier alpha value is -2.55. The highest BCUT2D eigenvalue weighted by atomic mass is 16.6. The molecule has 1 heterocycles. The van der Waals surface area contributed by atoms with Gasteiger partial charge in [0.1, 0.15) is 12.7 Å². The Morgan fingerprint density at radius 2 is 1.95 bits per heavy atom. The van der Waals surface area contributed by atoms with E-state index in [0.29, 0.717) is 12.4 Å². The van der Waals surface area contributed by atoms with Gasteiger partial charge in [-0.3, -0.25) is 0 Å². The molecule has 2 aromatic carbocycles. The fourth-order valence-corrected chi connectivity index (χ4v) is 2.67. The normalized spacial score (nSPS) is 17.7. The second-order valence-corrected chi connectivity index (χ2v) is 5.41. The zero-order valence-electron chi connectivity index (χ0n) is 12.8. The Morgan fingerprint density at radius 1 is 1.23 bits per heavy atom. The Labute approximate surface area is 129 Å². The highest BCUT2D eigenvalue weighted by Gasteiger charge is 2.29. The van der Waals surface area contributed by atoms with Crippen LogP contribution in [-0.2, 0) is 20.9 Å². The monoisotopic (exact) mass is 294 g/mol. The highest BCUT2D eigenvalue weighted by molar-refractivity contribution is 5.93. The Balaban J connectivity index is 1.92. The maximum atomic E-state index is 11.8. The Morgan fingerprint density at radius 3 is 2.64 bits per heavy atom. The largest absolute Gasteiger partial charge is 0.482 e. The molecule has 2 aromatic rings. The van der Waals surface area contributed by atoms with Crippen LogP contribution < -0.4 is 0 Å². The van der Waals surface area contributed by atoms with Gasteiger partial charge in [0.15, 0.2) is 0 Å². The zero-order valence-corrected chi connectivity index (χ0v) is 12.8. The smallest absolute Gasteiger partial charge is 0.374 e. The van der Waals surface area contributed by atoms with Crippen molar-refractivity contribution < 1.29 is 14.3 Å². The van der Waals surface area contributed by atoms with E-state index in [4.69, 9.17) is 9.47 Å². The first kappa shape index (κ1) is 14.4. The lowest BCUT2D eigenvalue weighted by Crippen LogP contribution is -2.06. The molecule has 3 rings (SSSR count). The number of hydrogen-bond donors (Lipinski definition) is 0. The molecule has 3 heteroatoms. The van der Waals surface area contributed by atoms with Crippen molar-refractivity contribution in [1.29, 1.82) is 0 Å². The van der Waals surface area contributed by atoms with E-state index in [-0.39, 0.29) is 12.1 Å². The third-order valence-electron chi connectivity index (χ3n) is 4.08. The first-order chi connectivity index (χ1) is 10.6. The van der Waals surface area contributed by atoms with Crippen LogP contribution in [0.15, 0.2) is 54.3 Å². The van der Waals surface area contributed by atoms with Crippen LogP contribution in [-0.4, -0.2) is 12.1 Å². The first-order valence-electron chi connectivity index (χ1n) is 7.29. The van der Waals surface area contributed by atoms with E-state index in [1.54, 1.807) is 0 Å². The number of fused-ring (bicyclic) bond motifs is 1. The van der Waals surface area contributed by atoms with E-state index in [0.717, 1.165) is 27.5 Å². The summed E-state index contributed by atoms with van der Waals surface area (Å²) in [6, 6.07) is 12.1. The molecule has 22 heavy (non-hydrogen) atoms. The van der Waals surface area contributed by atoms with E-state index < -0.39 is 0 Å². The molecule has 0 N–H and O–H groups in total. The van der Waals surface area contributed by atoms with Gasteiger partial charge in [0.05, 0.1) is 0 Å². The minimum absolute atomic E-state index is 0.206. The summed E-state index contributed by atoms with van der Waals surface area (Å²) < 4.78 is 10.9. The first-order valence-corrected chi connectivity index (χ1v) is 7.29. The average Bonchev–Trinajstić information content (AvgIpc) is 2.77.